The van der Waals surface area contributed by atoms with Crippen LogP contribution in [-0.2, 0) is 9.59 Å². The van der Waals surface area contributed by atoms with Gasteiger partial charge in [0.2, 0.25) is 11.8 Å². The first kappa shape index (κ1) is 17.5. The maximum Gasteiger partial charge on any atom is 0.455 e. The number of thioether (sulfide) groups is 1. The molecule has 0 aromatic heterocycles. The van der Waals surface area contributed by atoms with Gasteiger partial charge in [-0.15, -0.1) is 11.8 Å². The molecule has 1 aliphatic rings. The number of rotatable bonds is 4. The van der Waals surface area contributed by atoms with Crippen LogP contribution in [0.25, 0.3) is 0 Å². The summed E-state index contributed by atoms with van der Waals surface area (Å²) in [5.41, 5.74) is 0.558. The first-order valence-electron chi connectivity index (χ1n) is 6.38. The Balaban J connectivity index is 1.93. The molecule has 2 N–H and O–H groups in total. The predicted octanol–water partition coefficient (Wildman–Crippen LogP) is 2.80. The fourth-order valence-electron chi connectivity index (χ4n) is 1.78. The number of halogens is 5. The topological polar surface area (TPSA) is 58.2 Å². The number of carbonyl (C=O) groups excluding carboxylic acids is 2. The Labute approximate surface area is 131 Å². The number of fused-ring (bicyclic) bond motifs is 1. The molecule has 126 valence electrons. The third-order valence-corrected chi connectivity index (χ3v) is 4.27. The number of benzene rings is 1. The molecule has 0 unspecified atom stereocenters. The van der Waals surface area contributed by atoms with E-state index in [-0.39, 0.29) is 0 Å². The van der Waals surface area contributed by atoms with Gasteiger partial charge in [-0.3, -0.25) is 9.59 Å². The van der Waals surface area contributed by atoms with Crippen molar-refractivity contribution in [1.82, 2.24) is 5.32 Å². The zero-order valence-electron chi connectivity index (χ0n) is 11.4. The van der Waals surface area contributed by atoms with Crippen molar-refractivity contribution < 1.29 is 31.5 Å². The summed E-state index contributed by atoms with van der Waals surface area (Å²) in [4.78, 5) is 24.0. The van der Waals surface area contributed by atoms with Gasteiger partial charge in [0, 0.05) is 11.3 Å². The minimum atomic E-state index is -5.74. The number of hydrogen-bond donors (Lipinski definition) is 2. The zero-order chi connectivity index (χ0) is 17.3. The van der Waals surface area contributed by atoms with Gasteiger partial charge in [-0.1, -0.05) is 12.1 Å². The van der Waals surface area contributed by atoms with Crippen molar-refractivity contribution in [2.45, 2.75) is 28.7 Å². The second kappa shape index (κ2) is 6.34. The summed E-state index contributed by atoms with van der Waals surface area (Å²) in [6.07, 6.45) is -6.24. The molecule has 0 bridgehead atoms. The number of amides is 2. The van der Waals surface area contributed by atoms with Gasteiger partial charge in [0.25, 0.3) is 0 Å². The SMILES string of the molecule is O=C(C[C@H]1Sc2ccccc2NC1=O)NCC(F)(F)C(F)(F)F. The van der Waals surface area contributed by atoms with Crippen LogP contribution < -0.4 is 10.6 Å². The molecule has 10 heteroatoms. The largest absolute Gasteiger partial charge is 0.455 e. The molecular weight excluding hydrogens is 343 g/mol. The minimum absolute atomic E-state index is 0.501. The van der Waals surface area contributed by atoms with Crippen LogP contribution >= 0.6 is 11.8 Å². The van der Waals surface area contributed by atoms with Gasteiger partial charge in [-0.25, -0.2) is 0 Å². The van der Waals surface area contributed by atoms with Crippen molar-refractivity contribution in [3.8, 4) is 0 Å². The Bertz CT molecular complexity index is 621. The molecule has 0 saturated carbocycles. The molecule has 0 spiro atoms. The van der Waals surface area contributed by atoms with Gasteiger partial charge in [-0.2, -0.15) is 22.0 Å². The Morgan fingerprint density at radius 2 is 1.87 bits per heavy atom. The van der Waals surface area contributed by atoms with E-state index in [0.717, 1.165) is 11.8 Å². The smallest absolute Gasteiger partial charge is 0.350 e. The molecule has 4 nitrogen and oxygen atoms in total. The second-order valence-electron chi connectivity index (χ2n) is 4.77. The Morgan fingerprint density at radius 3 is 2.52 bits per heavy atom. The summed E-state index contributed by atoms with van der Waals surface area (Å²) in [6.45, 7) is -1.86. The summed E-state index contributed by atoms with van der Waals surface area (Å²) in [5.74, 6) is -6.58. The molecule has 0 aliphatic carbocycles. The lowest BCUT2D eigenvalue weighted by molar-refractivity contribution is -0.278. The van der Waals surface area contributed by atoms with E-state index in [2.05, 4.69) is 5.32 Å². The molecule has 2 rings (SSSR count). The van der Waals surface area contributed by atoms with E-state index in [4.69, 9.17) is 0 Å². The van der Waals surface area contributed by atoms with E-state index < -0.39 is 42.1 Å². The summed E-state index contributed by atoms with van der Waals surface area (Å²) >= 11 is 1.05. The lowest BCUT2D eigenvalue weighted by Crippen LogP contribution is -2.47. The molecule has 23 heavy (non-hydrogen) atoms. The van der Waals surface area contributed by atoms with Crippen molar-refractivity contribution in [2.24, 2.45) is 0 Å². The van der Waals surface area contributed by atoms with Crippen LogP contribution in [-0.4, -0.2) is 35.7 Å². The minimum Gasteiger partial charge on any atom is -0.350 e. The van der Waals surface area contributed by atoms with E-state index in [1.54, 1.807) is 24.3 Å². The van der Waals surface area contributed by atoms with Crippen LogP contribution in [0.4, 0.5) is 27.6 Å². The molecule has 0 fully saturated rings. The van der Waals surface area contributed by atoms with Crippen molar-refractivity contribution >= 4 is 29.3 Å². The summed E-state index contributed by atoms with van der Waals surface area (Å²) in [6, 6.07) is 6.76. The Morgan fingerprint density at radius 1 is 1.22 bits per heavy atom. The van der Waals surface area contributed by atoms with Gasteiger partial charge >= 0.3 is 12.1 Å². The van der Waals surface area contributed by atoms with Crippen molar-refractivity contribution in [1.29, 1.82) is 0 Å². The standard InChI is InChI=1S/C13H11F5N2O2S/c14-12(15,13(16,17)18)6-19-10(21)5-9-11(22)20-7-3-1-2-4-8(7)23-9/h1-4,9H,5-6H2,(H,19,21)(H,20,22)/t9-/m1/s1. The second-order valence-corrected chi connectivity index (χ2v) is 6.02. The number of para-hydroxylation sites is 1. The Hall–Kier alpha value is -1.84. The number of nitrogens with one attached hydrogen (secondary N) is 2. The molecule has 1 aromatic rings. The highest BCUT2D eigenvalue weighted by atomic mass is 32.2. The van der Waals surface area contributed by atoms with Gasteiger partial charge in [0.15, 0.2) is 0 Å². The fraction of sp³-hybridized carbons (Fsp3) is 0.385. The molecule has 2 amide bonds. The molecule has 1 aromatic carbocycles. The van der Waals surface area contributed by atoms with E-state index in [1.165, 1.54) is 5.32 Å². The molecule has 0 radical (unpaired) electrons. The fourth-order valence-corrected chi connectivity index (χ4v) is 2.89. The van der Waals surface area contributed by atoms with E-state index in [1.807, 2.05) is 0 Å². The average Bonchev–Trinajstić information content (AvgIpc) is 2.45. The summed E-state index contributed by atoms with van der Waals surface area (Å²) in [7, 11) is 0. The van der Waals surface area contributed by atoms with Crippen LogP contribution in [0.1, 0.15) is 6.42 Å². The molecule has 1 aliphatic heterocycles. The third kappa shape index (κ3) is 4.12. The van der Waals surface area contributed by atoms with E-state index in [9.17, 15) is 31.5 Å². The van der Waals surface area contributed by atoms with E-state index in [0.29, 0.717) is 10.6 Å². The zero-order valence-corrected chi connectivity index (χ0v) is 12.2. The summed E-state index contributed by atoms with van der Waals surface area (Å²) in [5, 5.41) is 3.16. The number of alkyl halides is 5. The molecule has 1 heterocycles. The van der Waals surface area contributed by atoms with Crippen LogP contribution in [0, 0.1) is 0 Å². The van der Waals surface area contributed by atoms with Crippen LogP contribution in [0.3, 0.4) is 0 Å². The van der Waals surface area contributed by atoms with Crippen molar-refractivity contribution in [3.05, 3.63) is 24.3 Å². The highest BCUT2D eigenvalue weighted by Crippen LogP contribution is 2.37. The van der Waals surface area contributed by atoms with Crippen LogP contribution in [0.5, 0.6) is 0 Å². The lowest BCUT2D eigenvalue weighted by atomic mass is 10.2. The third-order valence-electron chi connectivity index (χ3n) is 3.00. The lowest BCUT2D eigenvalue weighted by Gasteiger charge is -2.24. The summed E-state index contributed by atoms with van der Waals surface area (Å²) < 4.78 is 61.4. The Kier molecular flexibility index (Phi) is 4.83. The first-order chi connectivity index (χ1) is 10.6. The van der Waals surface area contributed by atoms with Gasteiger partial charge in [-0.05, 0) is 12.1 Å². The monoisotopic (exact) mass is 354 g/mol. The first-order valence-corrected chi connectivity index (χ1v) is 7.26. The highest BCUT2D eigenvalue weighted by Gasteiger charge is 2.57. The van der Waals surface area contributed by atoms with Crippen LogP contribution in [0.15, 0.2) is 29.2 Å². The molecular formula is C13H11F5N2O2S. The van der Waals surface area contributed by atoms with Gasteiger partial charge in [0.05, 0.1) is 17.5 Å². The predicted molar refractivity (Wildman–Crippen MR) is 73.3 cm³/mol. The van der Waals surface area contributed by atoms with Crippen LogP contribution in [0.2, 0.25) is 0 Å². The highest BCUT2D eigenvalue weighted by molar-refractivity contribution is 8.01. The number of hydrogen-bond acceptors (Lipinski definition) is 3. The number of carbonyl (C=O) groups is 2. The van der Waals surface area contributed by atoms with Crippen molar-refractivity contribution in [2.75, 3.05) is 11.9 Å². The average molecular weight is 354 g/mol. The van der Waals surface area contributed by atoms with Gasteiger partial charge in [0.1, 0.15) is 0 Å². The maximum absolute atomic E-state index is 12.7. The molecule has 1 atom stereocenters. The van der Waals surface area contributed by atoms with Gasteiger partial charge < -0.3 is 10.6 Å². The normalized spacial score (nSPS) is 18.1. The maximum atomic E-state index is 12.7. The number of anilines is 1. The quantitative estimate of drug-likeness (QED) is 0.818. The van der Waals surface area contributed by atoms with Crippen molar-refractivity contribution in [3.63, 3.8) is 0 Å². The molecule has 0 saturated heterocycles. The van der Waals surface area contributed by atoms with E-state index >= 15 is 0 Å².